The third-order valence-electron chi connectivity index (χ3n) is 3.70. The van der Waals surface area contributed by atoms with Crippen LogP contribution in [0, 0.1) is 16.6 Å². The Kier molecular flexibility index (Phi) is 7.61. The average Bonchev–Trinajstić information content (AvgIpc) is 3.06. The summed E-state index contributed by atoms with van der Waals surface area (Å²) >= 11 is 1.53. The molecule has 0 bridgehead atoms. The second-order valence-electron chi connectivity index (χ2n) is 5.69. The van der Waals surface area contributed by atoms with Gasteiger partial charge in [-0.25, -0.2) is 9.37 Å². The lowest BCUT2D eigenvalue weighted by atomic mass is 10.1. The first-order valence-corrected chi connectivity index (χ1v) is 9.80. The molecule has 0 saturated carbocycles. The van der Waals surface area contributed by atoms with Crippen LogP contribution in [-0.2, 0) is 17.6 Å². The summed E-state index contributed by atoms with van der Waals surface area (Å²) in [4.78, 5) is 4.52. The van der Waals surface area contributed by atoms with Gasteiger partial charge in [0.15, 0.2) is 11.8 Å². The van der Waals surface area contributed by atoms with E-state index in [2.05, 4.69) is 11.1 Å². The quantitative estimate of drug-likeness (QED) is 0.419. The van der Waals surface area contributed by atoms with Crippen LogP contribution in [0.1, 0.15) is 43.3 Å². The fourth-order valence-electron chi connectivity index (χ4n) is 2.43. The van der Waals surface area contributed by atoms with E-state index in [1.165, 1.54) is 23.5 Å². The minimum absolute atomic E-state index is 0.0393. The minimum atomic E-state index is -0.230. The lowest BCUT2D eigenvalue weighted by molar-refractivity contribution is 0.506. The molecular formula is C21H24FN3OS. The summed E-state index contributed by atoms with van der Waals surface area (Å²) in [7, 11) is 0. The van der Waals surface area contributed by atoms with Gasteiger partial charge >= 0.3 is 0 Å². The molecule has 0 spiro atoms. The summed E-state index contributed by atoms with van der Waals surface area (Å²) < 4.78 is 19.2. The summed E-state index contributed by atoms with van der Waals surface area (Å²) in [5.41, 5.74) is 3.08. The lowest BCUT2D eigenvalue weighted by Crippen LogP contribution is -2.11. The molecule has 0 radical (unpaired) electrons. The molecule has 2 aromatic carbocycles. The Bertz CT molecular complexity index is 919. The largest absolute Gasteiger partial charge is 0.429 e. The summed E-state index contributed by atoms with van der Waals surface area (Å²) in [6.07, 6.45) is 1.49. The number of benzene rings is 2. The zero-order chi connectivity index (χ0) is 19.8. The number of rotatable bonds is 5. The fourth-order valence-corrected chi connectivity index (χ4v) is 3.46. The summed E-state index contributed by atoms with van der Waals surface area (Å²) in [6, 6.07) is 12.6. The van der Waals surface area contributed by atoms with Crippen LogP contribution < -0.4 is 0 Å². The SMILES string of the molecule is CC.CCC(=N)OC(=N)Cc1nc2ccc(Cc3ccc(F)cc3)cc2s1. The second-order valence-corrected chi connectivity index (χ2v) is 6.81. The Hall–Kier alpha value is -2.60. The standard InChI is InChI=1S/C19H18FN3OS.C2H6/c1-2-17(21)24-18(22)11-19-23-15-8-5-13(10-16(15)25-19)9-12-3-6-14(20)7-4-12;1-2/h3-8,10,21-22H,2,9,11H2,1H3;1-2H3. The second kappa shape index (κ2) is 9.92. The molecule has 0 amide bonds. The van der Waals surface area contributed by atoms with E-state index < -0.39 is 0 Å². The van der Waals surface area contributed by atoms with Gasteiger partial charge in [-0.2, -0.15) is 0 Å². The molecule has 0 aliphatic rings. The predicted octanol–water partition coefficient (Wildman–Crippen LogP) is 5.98. The van der Waals surface area contributed by atoms with E-state index in [0.29, 0.717) is 6.42 Å². The van der Waals surface area contributed by atoms with Crippen molar-refractivity contribution in [3.05, 3.63) is 64.4 Å². The van der Waals surface area contributed by atoms with Crippen LogP contribution in [0.15, 0.2) is 42.5 Å². The molecule has 27 heavy (non-hydrogen) atoms. The Morgan fingerprint density at radius 2 is 1.70 bits per heavy atom. The van der Waals surface area contributed by atoms with Gasteiger partial charge in [-0.3, -0.25) is 10.8 Å². The smallest absolute Gasteiger partial charge is 0.195 e. The highest BCUT2D eigenvalue weighted by molar-refractivity contribution is 7.18. The van der Waals surface area contributed by atoms with Crippen LogP contribution >= 0.6 is 11.3 Å². The molecule has 142 valence electrons. The highest BCUT2D eigenvalue weighted by Crippen LogP contribution is 2.25. The Morgan fingerprint density at radius 3 is 2.37 bits per heavy atom. The molecule has 0 fully saturated rings. The van der Waals surface area contributed by atoms with E-state index in [1.54, 1.807) is 12.1 Å². The zero-order valence-corrected chi connectivity index (χ0v) is 16.6. The van der Waals surface area contributed by atoms with E-state index in [1.807, 2.05) is 32.9 Å². The van der Waals surface area contributed by atoms with Crippen molar-refractivity contribution in [1.82, 2.24) is 4.98 Å². The normalized spacial score (nSPS) is 10.2. The predicted molar refractivity (Wildman–Crippen MR) is 111 cm³/mol. The van der Waals surface area contributed by atoms with E-state index in [9.17, 15) is 4.39 Å². The highest BCUT2D eigenvalue weighted by atomic mass is 32.1. The number of nitrogens with zero attached hydrogens (tertiary/aromatic N) is 1. The molecule has 0 saturated heterocycles. The van der Waals surface area contributed by atoms with E-state index in [0.717, 1.165) is 32.8 Å². The van der Waals surface area contributed by atoms with Crippen molar-refractivity contribution in [2.45, 2.75) is 40.0 Å². The molecule has 4 nitrogen and oxygen atoms in total. The maximum absolute atomic E-state index is 13.0. The minimum Gasteiger partial charge on any atom is -0.429 e. The van der Waals surface area contributed by atoms with Crippen molar-refractivity contribution in [2.75, 3.05) is 0 Å². The number of halogens is 1. The molecule has 3 aromatic rings. The van der Waals surface area contributed by atoms with Crippen LogP contribution in [0.3, 0.4) is 0 Å². The zero-order valence-electron chi connectivity index (χ0n) is 15.8. The van der Waals surface area contributed by atoms with Gasteiger partial charge in [0, 0.05) is 6.42 Å². The van der Waals surface area contributed by atoms with Gasteiger partial charge in [-0.05, 0) is 41.8 Å². The topological polar surface area (TPSA) is 69.8 Å². The lowest BCUT2D eigenvalue weighted by Gasteiger charge is -2.03. The Morgan fingerprint density at radius 1 is 1.04 bits per heavy atom. The first kappa shape index (κ1) is 20.7. The van der Waals surface area contributed by atoms with Crippen molar-refractivity contribution >= 4 is 33.3 Å². The summed E-state index contributed by atoms with van der Waals surface area (Å²) in [5.74, 6) is -0.0998. The summed E-state index contributed by atoms with van der Waals surface area (Å²) in [5, 5.41) is 16.1. The van der Waals surface area contributed by atoms with E-state index in [4.69, 9.17) is 15.6 Å². The number of hydrogen-bond acceptors (Lipinski definition) is 5. The molecule has 3 rings (SSSR count). The number of thiazole rings is 1. The van der Waals surface area contributed by atoms with Crippen molar-refractivity contribution in [2.24, 2.45) is 0 Å². The maximum Gasteiger partial charge on any atom is 0.195 e. The van der Waals surface area contributed by atoms with E-state index in [-0.39, 0.29) is 24.0 Å². The van der Waals surface area contributed by atoms with Crippen molar-refractivity contribution in [3.63, 3.8) is 0 Å². The van der Waals surface area contributed by atoms with Gasteiger partial charge in [-0.1, -0.05) is 39.0 Å². The van der Waals surface area contributed by atoms with Gasteiger partial charge in [0.05, 0.1) is 16.6 Å². The molecule has 0 aliphatic heterocycles. The van der Waals surface area contributed by atoms with Crippen LogP contribution in [0.5, 0.6) is 0 Å². The van der Waals surface area contributed by atoms with Crippen molar-refractivity contribution in [1.29, 1.82) is 10.8 Å². The average molecular weight is 386 g/mol. The molecule has 2 N–H and O–H groups in total. The first-order valence-electron chi connectivity index (χ1n) is 8.99. The number of nitrogens with one attached hydrogen (secondary N) is 2. The van der Waals surface area contributed by atoms with Gasteiger partial charge in [0.2, 0.25) is 0 Å². The van der Waals surface area contributed by atoms with Crippen LogP contribution in [0.2, 0.25) is 0 Å². The van der Waals surface area contributed by atoms with Crippen molar-refractivity contribution < 1.29 is 9.13 Å². The molecule has 0 unspecified atom stereocenters. The molecule has 0 aliphatic carbocycles. The third kappa shape index (κ3) is 5.96. The first-order chi connectivity index (χ1) is 13.0. The van der Waals surface area contributed by atoms with Crippen molar-refractivity contribution in [3.8, 4) is 0 Å². The number of hydrogen-bond donors (Lipinski definition) is 2. The molecule has 6 heteroatoms. The molecular weight excluding hydrogens is 361 g/mol. The van der Waals surface area contributed by atoms with E-state index >= 15 is 0 Å². The van der Waals surface area contributed by atoms with Crippen LogP contribution in [0.25, 0.3) is 10.2 Å². The monoisotopic (exact) mass is 385 g/mol. The molecule has 0 atom stereocenters. The number of aromatic nitrogens is 1. The number of ether oxygens (including phenoxy) is 1. The third-order valence-corrected chi connectivity index (χ3v) is 4.72. The van der Waals surface area contributed by atoms with Crippen LogP contribution in [0.4, 0.5) is 4.39 Å². The maximum atomic E-state index is 13.0. The van der Waals surface area contributed by atoms with Gasteiger partial charge in [-0.15, -0.1) is 11.3 Å². The molecule has 1 heterocycles. The fraction of sp³-hybridized carbons (Fsp3) is 0.286. The number of fused-ring (bicyclic) bond motifs is 1. The van der Waals surface area contributed by atoms with Gasteiger partial charge in [0.1, 0.15) is 10.8 Å². The van der Waals surface area contributed by atoms with Crippen LogP contribution in [-0.4, -0.2) is 16.8 Å². The van der Waals surface area contributed by atoms with Gasteiger partial charge < -0.3 is 4.74 Å². The highest BCUT2D eigenvalue weighted by Gasteiger charge is 2.10. The summed E-state index contributed by atoms with van der Waals surface area (Å²) in [6.45, 7) is 5.82. The molecule has 1 aromatic heterocycles. The Balaban J connectivity index is 0.00000126. The Labute approximate surface area is 163 Å². The van der Waals surface area contributed by atoms with Gasteiger partial charge in [0.25, 0.3) is 0 Å².